The molecule has 0 aromatic heterocycles. The van der Waals surface area contributed by atoms with Gasteiger partial charge >= 0.3 is 0 Å². The summed E-state index contributed by atoms with van der Waals surface area (Å²) in [6, 6.07) is 11.2. The first-order valence-corrected chi connectivity index (χ1v) is 12.9. The van der Waals surface area contributed by atoms with Crippen LogP contribution in [0.25, 0.3) is 0 Å². The molecule has 0 bridgehead atoms. The minimum absolute atomic E-state index is 0.0174. The molecule has 2 aromatic carbocycles. The number of piperidine rings is 1. The minimum atomic E-state index is -1.08. The van der Waals surface area contributed by atoms with Crippen LogP contribution in [-0.4, -0.2) is 78.2 Å². The van der Waals surface area contributed by atoms with Gasteiger partial charge in [0.05, 0.1) is 12.7 Å². The van der Waals surface area contributed by atoms with Crippen LogP contribution in [0, 0.1) is 5.82 Å². The summed E-state index contributed by atoms with van der Waals surface area (Å²) >= 11 is 5.95. The van der Waals surface area contributed by atoms with Crippen molar-refractivity contribution in [1.82, 2.24) is 15.1 Å². The normalized spacial score (nSPS) is 22.9. The topological polar surface area (TPSA) is 88.2 Å². The fourth-order valence-corrected chi connectivity index (χ4v) is 5.43. The van der Waals surface area contributed by atoms with Crippen LogP contribution in [0.3, 0.4) is 0 Å². The molecule has 2 atom stereocenters. The summed E-state index contributed by atoms with van der Waals surface area (Å²) in [5.74, 6) is -1.50. The quantitative estimate of drug-likeness (QED) is 0.642. The van der Waals surface area contributed by atoms with Gasteiger partial charge in [-0.25, -0.2) is 4.39 Å². The number of nitrogens with one attached hydrogen (secondary N) is 1. The zero-order chi connectivity index (χ0) is 26.0. The van der Waals surface area contributed by atoms with E-state index in [4.69, 9.17) is 21.1 Å². The Morgan fingerprint density at radius 3 is 2.49 bits per heavy atom. The highest BCUT2D eigenvalue weighted by Crippen LogP contribution is 2.39. The van der Waals surface area contributed by atoms with E-state index in [-0.39, 0.29) is 30.1 Å². The largest absolute Gasteiger partial charge is 0.376 e. The van der Waals surface area contributed by atoms with Gasteiger partial charge in [0, 0.05) is 55.2 Å². The first kappa shape index (κ1) is 25.6. The summed E-state index contributed by atoms with van der Waals surface area (Å²) in [5.41, 5.74) is -0.417. The van der Waals surface area contributed by atoms with Crippen LogP contribution < -0.4 is 5.32 Å². The standard InChI is InChI=1S/C27H29ClFN3O5/c28-20-8-6-18(7-9-20)25(34)31-12-10-27(11-13-31)32(26(35)19-3-1-4-21(29)15-19)23(17-37-27)24(33)30-16-22-5-2-14-36-22/h1,3-4,6-9,15,22-23H,2,5,10-14,16-17H2,(H,30,33)/t22-,23-/m0/s1. The molecule has 2 aromatic rings. The molecule has 3 fully saturated rings. The Hall–Kier alpha value is -3.01. The van der Waals surface area contributed by atoms with Gasteiger partial charge in [-0.2, -0.15) is 0 Å². The summed E-state index contributed by atoms with van der Waals surface area (Å²) in [6.07, 6.45) is 2.42. The number of hydrogen-bond donors (Lipinski definition) is 1. The Morgan fingerprint density at radius 1 is 1.05 bits per heavy atom. The van der Waals surface area contributed by atoms with Crippen molar-refractivity contribution in [2.75, 3.05) is 32.8 Å². The van der Waals surface area contributed by atoms with Gasteiger partial charge in [-0.3, -0.25) is 19.3 Å². The maximum absolute atomic E-state index is 14.0. The van der Waals surface area contributed by atoms with E-state index >= 15 is 0 Å². The van der Waals surface area contributed by atoms with Gasteiger partial charge in [-0.05, 0) is 55.3 Å². The lowest BCUT2D eigenvalue weighted by atomic mass is 9.96. The first-order chi connectivity index (χ1) is 17.9. The van der Waals surface area contributed by atoms with E-state index in [2.05, 4.69) is 5.32 Å². The van der Waals surface area contributed by atoms with Gasteiger partial charge in [0.15, 0.2) is 0 Å². The highest BCUT2D eigenvalue weighted by Gasteiger charge is 2.54. The van der Waals surface area contributed by atoms with Crippen molar-refractivity contribution >= 4 is 29.3 Å². The van der Waals surface area contributed by atoms with E-state index in [9.17, 15) is 18.8 Å². The van der Waals surface area contributed by atoms with E-state index < -0.39 is 23.5 Å². The molecule has 0 radical (unpaired) electrons. The van der Waals surface area contributed by atoms with Crippen molar-refractivity contribution in [3.63, 3.8) is 0 Å². The van der Waals surface area contributed by atoms with Crippen molar-refractivity contribution in [3.8, 4) is 0 Å². The van der Waals surface area contributed by atoms with Crippen LogP contribution in [0.15, 0.2) is 48.5 Å². The van der Waals surface area contributed by atoms with E-state index in [1.54, 1.807) is 29.2 Å². The van der Waals surface area contributed by atoms with Crippen molar-refractivity contribution in [2.24, 2.45) is 0 Å². The fourth-order valence-electron chi connectivity index (χ4n) is 5.30. The number of carbonyl (C=O) groups is 3. The van der Waals surface area contributed by atoms with Gasteiger partial charge in [-0.15, -0.1) is 0 Å². The molecule has 8 nitrogen and oxygen atoms in total. The number of rotatable bonds is 5. The Balaban J connectivity index is 1.34. The SMILES string of the molecule is O=C(NC[C@@H]1CCCO1)[C@@H]1COC2(CCN(C(=O)c3ccc(Cl)cc3)CC2)N1C(=O)c1cccc(F)c1. The van der Waals surface area contributed by atoms with E-state index in [0.29, 0.717) is 49.7 Å². The molecule has 3 heterocycles. The Morgan fingerprint density at radius 2 is 1.81 bits per heavy atom. The summed E-state index contributed by atoms with van der Waals surface area (Å²) in [7, 11) is 0. The predicted molar refractivity (Wildman–Crippen MR) is 134 cm³/mol. The van der Waals surface area contributed by atoms with Gasteiger partial charge in [0.2, 0.25) is 5.91 Å². The highest BCUT2D eigenvalue weighted by molar-refractivity contribution is 6.30. The summed E-state index contributed by atoms with van der Waals surface area (Å²) < 4.78 is 25.8. The number of benzene rings is 2. The Bertz CT molecular complexity index is 1160. The predicted octanol–water partition coefficient (Wildman–Crippen LogP) is 3.25. The molecule has 3 aliphatic rings. The molecule has 3 amide bonds. The van der Waals surface area contributed by atoms with E-state index in [0.717, 1.165) is 18.9 Å². The number of carbonyl (C=O) groups excluding carboxylic acids is 3. The molecule has 1 spiro atoms. The van der Waals surface area contributed by atoms with Crippen molar-refractivity contribution in [1.29, 1.82) is 0 Å². The molecular formula is C27H29ClFN3O5. The molecule has 10 heteroatoms. The minimum Gasteiger partial charge on any atom is -0.376 e. The second-order valence-corrected chi connectivity index (χ2v) is 10.1. The average Bonchev–Trinajstić information content (AvgIpc) is 3.56. The smallest absolute Gasteiger partial charge is 0.256 e. The maximum Gasteiger partial charge on any atom is 0.256 e. The monoisotopic (exact) mass is 529 g/mol. The van der Waals surface area contributed by atoms with Gasteiger partial charge in [0.1, 0.15) is 17.6 Å². The lowest BCUT2D eigenvalue weighted by Crippen LogP contribution is -2.60. The highest BCUT2D eigenvalue weighted by atomic mass is 35.5. The fraction of sp³-hybridized carbons (Fsp3) is 0.444. The van der Waals surface area contributed by atoms with Gasteiger partial charge in [-0.1, -0.05) is 17.7 Å². The number of amides is 3. The van der Waals surface area contributed by atoms with Crippen LogP contribution in [0.4, 0.5) is 4.39 Å². The average molecular weight is 530 g/mol. The van der Waals surface area contributed by atoms with E-state index in [1.807, 2.05) is 0 Å². The summed E-state index contributed by atoms with van der Waals surface area (Å²) in [5, 5.41) is 3.45. The molecule has 5 rings (SSSR count). The van der Waals surface area contributed by atoms with Crippen molar-refractivity contribution < 1.29 is 28.2 Å². The number of halogens is 2. The van der Waals surface area contributed by atoms with Crippen molar-refractivity contribution in [2.45, 2.75) is 43.6 Å². The Labute approximate surface area is 219 Å². The number of nitrogens with zero attached hydrogens (tertiary/aromatic N) is 2. The molecule has 0 saturated carbocycles. The van der Waals surface area contributed by atoms with Crippen LogP contribution in [0.2, 0.25) is 5.02 Å². The Kier molecular flexibility index (Phi) is 7.46. The molecule has 3 aliphatic heterocycles. The van der Waals surface area contributed by atoms with Gasteiger partial charge in [0.25, 0.3) is 11.8 Å². The summed E-state index contributed by atoms with van der Waals surface area (Å²) in [6.45, 7) is 1.71. The third-order valence-corrected chi connectivity index (χ3v) is 7.56. The molecule has 1 N–H and O–H groups in total. The molecular weight excluding hydrogens is 501 g/mol. The third-order valence-electron chi connectivity index (χ3n) is 7.30. The van der Waals surface area contributed by atoms with E-state index in [1.165, 1.54) is 23.1 Å². The second kappa shape index (κ2) is 10.8. The van der Waals surface area contributed by atoms with Crippen LogP contribution >= 0.6 is 11.6 Å². The molecule has 0 unspecified atom stereocenters. The molecule has 3 saturated heterocycles. The van der Waals surface area contributed by atoms with Crippen LogP contribution in [-0.2, 0) is 14.3 Å². The number of ether oxygens (including phenoxy) is 2. The zero-order valence-electron chi connectivity index (χ0n) is 20.3. The lowest BCUT2D eigenvalue weighted by Gasteiger charge is -2.44. The maximum atomic E-state index is 14.0. The van der Waals surface area contributed by atoms with Crippen molar-refractivity contribution in [3.05, 3.63) is 70.5 Å². The molecule has 196 valence electrons. The molecule has 0 aliphatic carbocycles. The van der Waals surface area contributed by atoms with Crippen LogP contribution in [0.1, 0.15) is 46.4 Å². The first-order valence-electron chi connectivity index (χ1n) is 12.5. The number of likely N-dealkylation sites (tertiary alicyclic amines) is 1. The molecule has 37 heavy (non-hydrogen) atoms. The second-order valence-electron chi connectivity index (χ2n) is 9.64. The summed E-state index contributed by atoms with van der Waals surface area (Å²) in [4.78, 5) is 43.1. The van der Waals surface area contributed by atoms with Gasteiger partial charge < -0.3 is 19.7 Å². The zero-order valence-corrected chi connectivity index (χ0v) is 21.1. The number of hydrogen-bond acceptors (Lipinski definition) is 5. The lowest BCUT2D eigenvalue weighted by molar-refractivity contribution is -0.128. The van der Waals surface area contributed by atoms with Crippen LogP contribution in [0.5, 0.6) is 0 Å². The third kappa shape index (κ3) is 5.35.